The molecule has 16 heavy (non-hydrogen) atoms. The van der Waals surface area contributed by atoms with E-state index in [1.54, 1.807) is 6.07 Å². The third-order valence-corrected chi connectivity index (χ3v) is 3.05. The molecule has 0 radical (unpaired) electrons. The van der Waals surface area contributed by atoms with Crippen molar-refractivity contribution in [2.45, 2.75) is 19.4 Å². The summed E-state index contributed by atoms with van der Waals surface area (Å²) in [4.78, 5) is 0. The Morgan fingerprint density at radius 1 is 1.50 bits per heavy atom. The number of fused-ring (bicyclic) bond motifs is 1. The van der Waals surface area contributed by atoms with Gasteiger partial charge >= 0.3 is 0 Å². The van der Waals surface area contributed by atoms with E-state index in [9.17, 15) is 4.39 Å². The standard InChI is InChI=1S/C12H13FN2O/c1-2-11-10-4-3-8(13)5-12(10)15(14-11)9-6-16-7-9/h3-5,9H,2,6-7H2,1H3. The number of hydrogen-bond donors (Lipinski definition) is 0. The van der Waals surface area contributed by atoms with Crippen molar-refractivity contribution in [1.82, 2.24) is 9.78 Å². The lowest BCUT2D eigenvalue weighted by atomic mass is 10.1. The Hall–Kier alpha value is -1.42. The Morgan fingerprint density at radius 3 is 2.94 bits per heavy atom. The highest BCUT2D eigenvalue weighted by atomic mass is 19.1. The molecule has 1 fully saturated rings. The van der Waals surface area contributed by atoms with Gasteiger partial charge in [-0.2, -0.15) is 5.10 Å². The highest BCUT2D eigenvalue weighted by Crippen LogP contribution is 2.26. The summed E-state index contributed by atoms with van der Waals surface area (Å²) in [5.74, 6) is -0.212. The van der Waals surface area contributed by atoms with Crippen LogP contribution in [0.3, 0.4) is 0 Å². The minimum atomic E-state index is -0.212. The van der Waals surface area contributed by atoms with Gasteiger partial charge in [0.2, 0.25) is 0 Å². The Kier molecular flexibility index (Phi) is 2.17. The predicted molar refractivity (Wildman–Crippen MR) is 58.9 cm³/mol. The van der Waals surface area contributed by atoms with Crippen LogP contribution in [0.25, 0.3) is 10.9 Å². The lowest BCUT2D eigenvalue weighted by molar-refractivity contribution is -0.0268. The highest BCUT2D eigenvalue weighted by Gasteiger charge is 2.24. The van der Waals surface area contributed by atoms with Crippen LogP contribution in [0.2, 0.25) is 0 Å². The number of hydrogen-bond acceptors (Lipinski definition) is 2. The SMILES string of the molecule is CCc1nn(C2COC2)c2cc(F)ccc12. The Morgan fingerprint density at radius 2 is 2.31 bits per heavy atom. The molecule has 1 aliphatic rings. The molecular weight excluding hydrogens is 207 g/mol. The second-order valence-electron chi connectivity index (χ2n) is 4.10. The van der Waals surface area contributed by atoms with Crippen molar-refractivity contribution in [2.75, 3.05) is 13.2 Å². The topological polar surface area (TPSA) is 27.1 Å². The summed E-state index contributed by atoms with van der Waals surface area (Å²) in [6, 6.07) is 5.13. The average Bonchev–Trinajstić information content (AvgIpc) is 2.54. The van der Waals surface area contributed by atoms with Crippen LogP contribution >= 0.6 is 0 Å². The summed E-state index contributed by atoms with van der Waals surface area (Å²) in [5, 5.41) is 5.59. The lowest BCUT2D eigenvalue weighted by Gasteiger charge is -2.26. The number of nitrogens with zero attached hydrogens (tertiary/aromatic N) is 2. The molecule has 4 heteroatoms. The zero-order chi connectivity index (χ0) is 11.1. The van der Waals surface area contributed by atoms with Crippen LogP contribution in [-0.4, -0.2) is 23.0 Å². The second kappa shape index (κ2) is 3.56. The molecule has 0 amide bonds. The average molecular weight is 220 g/mol. The molecule has 0 atom stereocenters. The first-order chi connectivity index (χ1) is 7.79. The molecule has 1 aromatic heterocycles. The fourth-order valence-electron chi connectivity index (χ4n) is 2.08. The van der Waals surface area contributed by atoms with Crippen molar-refractivity contribution in [3.8, 4) is 0 Å². The molecular formula is C12H13FN2O. The zero-order valence-electron chi connectivity index (χ0n) is 9.11. The van der Waals surface area contributed by atoms with Crippen LogP contribution in [0, 0.1) is 5.82 Å². The largest absolute Gasteiger partial charge is 0.377 e. The van der Waals surface area contributed by atoms with Gasteiger partial charge < -0.3 is 4.74 Å². The van der Waals surface area contributed by atoms with E-state index in [1.807, 2.05) is 10.7 Å². The zero-order valence-corrected chi connectivity index (χ0v) is 9.11. The predicted octanol–water partition coefficient (Wildman–Crippen LogP) is 2.31. The second-order valence-corrected chi connectivity index (χ2v) is 4.10. The van der Waals surface area contributed by atoms with Crippen LogP contribution in [0.4, 0.5) is 4.39 Å². The fourth-order valence-corrected chi connectivity index (χ4v) is 2.08. The van der Waals surface area contributed by atoms with Crippen molar-refractivity contribution in [1.29, 1.82) is 0 Å². The quantitative estimate of drug-likeness (QED) is 0.776. The normalized spacial score (nSPS) is 16.6. The molecule has 1 aromatic carbocycles. The molecule has 2 aromatic rings. The molecule has 0 saturated carbocycles. The number of benzene rings is 1. The minimum Gasteiger partial charge on any atom is -0.377 e. The molecule has 1 aliphatic heterocycles. The van der Waals surface area contributed by atoms with Gasteiger partial charge in [0.1, 0.15) is 5.82 Å². The number of aromatic nitrogens is 2. The van der Waals surface area contributed by atoms with Gasteiger partial charge in [-0.3, -0.25) is 4.68 Å². The van der Waals surface area contributed by atoms with Crippen molar-refractivity contribution in [2.24, 2.45) is 0 Å². The third kappa shape index (κ3) is 1.33. The first-order valence-electron chi connectivity index (χ1n) is 5.54. The van der Waals surface area contributed by atoms with E-state index in [4.69, 9.17) is 4.74 Å². The smallest absolute Gasteiger partial charge is 0.125 e. The van der Waals surface area contributed by atoms with Gasteiger partial charge in [0, 0.05) is 5.39 Å². The van der Waals surface area contributed by atoms with E-state index in [1.165, 1.54) is 6.07 Å². The molecule has 0 bridgehead atoms. The van der Waals surface area contributed by atoms with E-state index >= 15 is 0 Å². The molecule has 0 aliphatic carbocycles. The van der Waals surface area contributed by atoms with Gasteiger partial charge in [-0.15, -0.1) is 0 Å². The molecule has 2 heterocycles. The Labute approximate surface area is 92.8 Å². The summed E-state index contributed by atoms with van der Waals surface area (Å²) >= 11 is 0. The maximum absolute atomic E-state index is 13.2. The van der Waals surface area contributed by atoms with Gasteiger partial charge in [-0.05, 0) is 24.6 Å². The molecule has 3 rings (SSSR count). The van der Waals surface area contributed by atoms with E-state index in [0.717, 1.165) is 23.0 Å². The maximum atomic E-state index is 13.2. The van der Waals surface area contributed by atoms with Crippen molar-refractivity contribution >= 4 is 10.9 Å². The van der Waals surface area contributed by atoms with Crippen LogP contribution in [-0.2, 0) is 11.2 Å². The number of halogens is 1. The summed E-state index contributed by atoms with van der Waals surface area (Å²) in [5.41, 5.74) is 1.91. The third-order valence-electron chi connectivity index (χ3n) is 3.05. The van der Waals surface area contributed by atoms with Gasteiger partial charge in [-0.25, -0.2) is 4.39 Å². The first kappa shape index (κ1) is 9.78. The summed E-state index contributed by atoms with van der Waals surface area (Å²) in [6.07, 6.45) is 0.864. The Balaban J connectivity index is 2.22. The van der Waals surface area contributed by atoms with Crippen LogP contribution in [0.15, 0.2) is 18.2 Å². The van der Waals surface area contributed by atoms with Gasteiger partial charge in [-0.1, -0.05) is 6.92 Å². The summed E-state index contributed by atoms with van der Waals surface area (Å²) < 4.78 is 20.3. The van der Waals surface area contributed by atoms with E-state index in [2.05, 4.69) is 12.0 Å². The van der Waals surface area contributed by atoms with Crippen molar-refractivity contribution < 1.29 is 9.13 Å². The number of rotatable bonds is 2. The Bertz CT molecular complexity index is 531. The first-order valence-corrected chi connectivity index (χ1v) is 5.54. The van der Waals surface area contributed by atoms with Gasteiger partial charge in [0.15, 0.2) is 0 Å². The molecule has 3 nitrogen and oxygen atoms in total. The monoisotopic (exact) mass is 220 g/mol. The minimum absolute atomic E-state index is 0.212. The van der Waals surface area contributed by atoms with Gasteiger partial charge in [0.05, 0.1) is 30.5 Å². The van der Waals surface area contributed by atoms with Crippen LogP contribution < -0.4 is 0 Å². The molecule has 0 spiro atoms. The fraction of sp³-hybridized carbons (Fsp3) is 0.417. The molecule has 0 unspecified atom stereocenters. The van der Waals surface area contributed by atoms with Crippen LogP contribution in [0.1, 0.15) is 18.7 Å². The summed E-state index contributed by atoms with van der Waals surface area (Å²) in [7, 11) is 0. The number of aryl methyl sites for hydroxylation is 1. The van der Waals surface area contributed by atoms with Crippen molar-refractivity contribution in [3.63, 3.8) is 0 Å². The highest BCUT2D eigenvalue weighted by molar-refractivity contribution is 5.82. The van der Waals surface area contributed by atoms with E-state index in [0.29, 0.717) is 13.2 Å². The van der Waals surface area contributed by atoms with E-state index in [-0.39, 0.29) is 11.9 Å². The molecule has 0 N–H and O–H groups in total. The van der Waals surface area contributed by atoms with Gasteiger partial charge in [0.25, 0.3) is 0 Å². The number of ether oxygens (including phenoxy) is 1. The van der Waals surface area contributed by atoms with Crippen molar-refractivity contribution in [3.05, 3.63) is 29.7 Å². The van der Waals surface area contributed by atoms with Crippen LogP contribution in [0.5, 0.6) is 0 Å². The molecule has 1 saturated heterocycles. The maximum Gasteiger partial charge on any atom is 0.125 e. The summed E-state index contributed by atoms with van der Waals surface area (Å²) in [6.45, 7) is 3.42. The van der Waals surface area contributed by atoms with E-state index < -0.39 is 0 Å². The lowest BCUT2D eigenvalue weighted by Crippen LogP contribution is -2.31. The molecule has 84 valence electrons.